The summed E-state index contributed by atoms with van der Waals surface area (Å²) in [5.41, 5.74) is 2.98. The molecule has 0 unspecified atom stereocenters. The van der Waals surface area contributed by atoms with Gasteiger partial charge >= 0.3 is 14.1 Å². The van der Waals surface area contributed by atoms with Crippen molar-refractivity contribution >= 4 is 18.6 Å². The molecule has 0 aliphatic rings. The molecule has 0 heterocycles. The maximum absolute atomic E-state index is 10.9. The van der Waals surface area contributed by atoms with Crippen LogP contribution in [0.1, 0.15) is 80.4 Å². The highest BCUT2D eigenvalue weighted by atomic mass is 27.2. The Hall–Kier alpha value is -0.448. The summed E-state index contributed by atoms with van der Waals surface area (Å²) in [4.78, 5) is 0. The van der Waals surface area contributed by atoms with Crippen LogP contribution in [-0.4, -0.2) is 19.3 Å². The van der Waals surface area contributed by atoms with E-state index >= 15 is 0 Å². The predicted molar refractivity (Wildman–Crippen MR) is 110 cm³/mol. The molecule has 1 aromatic carbocycles. The summed E-state index contributed by atoms with van der Waals surface area (Å²) in [5.74, 6) is 1.92. The molecule has 0 saturated heterocycles. The fourth-order valence-electron chi connectivity index (χ4n) is 3.92. The standard InChI is InChI=1S/C14H21O.2C4H9.Al/c1-13(2,3)11-8-7-10(15)9-12(11)14(4,5)6;2*1-4(2)3;/h7-8,15H,1-6H3;2*4H,1H2,2-3H3;. The Morgan fingerprint density at radius 2 is 1.29 bits per heavy atom. The molecule has 0 radical (unpaired) electrons. The van der Waals surface area contributed by atoms with Crippen molar-refractivity contribution in [1.29, 1.82) is 0 Å². The SMILES string of the molecule is CC(C)[CH2][Al]([CH2]C(C)C)[c]1c(O)ccc(C(C)(C)C)c1C(C)(C)C. The minimum Gasteiger partial charge on any atom is -0.509 e. The smallest absolute Gasteiger partial charge is 0.312 e. The van der Waals surface area contributed by atoms with Gasteiger partial charge in [-0.05, 0) is 28.0 Å². The summed E-state index contributed by atoms with van der Waals surface area (Å²) in [6, 6.07) is 4.13. The molecular weight excluding hydrogens is 307 g/mol. The molecule has 0 saturated carbocycles. The Kier molecular flexibility index (Phi) is 7.05. The second kappa shape index (κ2) is 7.84. The zero-order chi connectivity index (χ0) is 18.9. The van der Waals surface area contributed by atoms with Crippen molar-refractivity contribution in [2.75, 3.05) is 0 Å². The summed E-state index contributed by atoms with van der Waals surface area (Å²) < 4.78 is 1.34. The second-order valence-corrected chi connectivity index (χ2v) is 13.3. The Morgan fingerprint density at radius 3 is 1.62 bits per heavy atom. The van der Waals surface area contributed by atoms with Gasteiger partial charge in [-0.1, -0.05) is 102 Å². The molecular formula is C22H39AlO. The molecule has 1 N–H and O–H groups in total. The summed E-state index contributed by atoms with van der Waals surface area (Å²) in [6.45, 7) is 23.1. The van der Waals surface area contributed by atoms with Crippen molar-refractivity contribution in [3.05, 3.63) is 23.3 Å². The van der Waals surface area contributed by atoms with Gasteiger partial charge in [-0.3, -0.25) is 0 Å². The van der Waals surface area contributed by atoms with Crippen molar-refractivity contribution in [3.8, 4) is 5.75 Å². The van der Waals surface area contributed by atoms with Gasteiger partial charge in [-0.15, -0.1) is 0 Å². The van der Waals surface area contributed by atoms with Crippen LogP contribution in [0.3, 0.4) is 0 Å². The van der Waals surface area contributed by atoms with E-state index in [-0.39, 0.29) is 10.8 Å². The summed E-state index contributed by atoms with van der Waals surface area (Å²) in [7, 11) is 0. The maximum atomic E-state index is 10.9. The van der Waals surface area contributed by atoms with Gasteiger partial charge in [0.15, 0.2) is 0 Å². The number of phenols is 1. The Labute approximate surface area is 155 Å². The molecule has 0 fully saturated rings. The monoisotopic (exact) mass is 346 g/mol. The van der Waals surface area contributed by atoms with Crippen LogP contribution in [0, 0.1) is 11.8 Å². The van der Waals surface area contributed by atoms with E-state index in [1.165, 1.54) is 26.1 Å². The average molecular weight is 347 g/mol. The van der Waals surface area contributed by atoms with Crippen LogP contribution < -0.4 is 4.43 Å². The maximum Gasteiger partial charge on any atom is 0.312 e. The van der Waals surface area contributed by atoms with E-state index in [0.717, 1.165) is 0 Å². The van der Waals surface area contributed by atoms with Crippen LogP contribution in [-0.2, 0) is 10.8 Å². The first-order chi connectivity index (χ1) is 10.7. The summed E-state index contributed by atoms with van der Waals surface area (Å²) in [5, 5.41) is 13.4. The van der Waals surface area contributed by atoms with E-state index in [0.29, 0.717) is 17.6 Å². The third-order valence-corrected chi connectivity index (χ3v) is 9.13. The van der Waals surface area contributed by atoms with Gasteiger partial charge in [0.1, 0.15) is 5.75 Å². The molecule has 1 aromatic rings. The Bertz CT molecular complexity index is 534. The van der Waals surface area contributed by atoms with Gasteiger partial charge in [0.05, 0.1) is 0 Å². The number of rotatable bonds is 5. The average Bonchev–Trinajstić information content (AvgIpc) is 2.33. The van der Waals surface area contributed by atoms with E-state index in [9.17, 15) is 5.11 Å². The topological polar surface area (TPSA) is 20.2 Å². The van der Waals surface area contributed by atoms with E-state index in [1.54, 1.807) is 0 Å². The van der Waals surface area contributed by atoms with E-state index in [1.807, 2.05) is 6.07 Å². The number of benzene rings is 1. The highest BCUT2D eigenvalue weighted by molar-refractivity contribution is 6.74. The first-order valence-electron chi connectivity index (χ1n) is 9.62. The first kappa shape index (κ1) is 21.6. The van der Waals surface area contributed by atoms with Crippen molar-refractivity contribution in [1.82, 2.24) is 0 Å². The van der Waals surface area contributed by atoms with Crippen LogP contribution in [0.2, 0.25) is 10.6 Å². The Morgan fingerprint density at radius 1 is 0.833 bits per heavy atom. The highest BCUT2D eigenvalue weighted by Crippen LogP contribution is 2.36. The minimum atomic E-state index is -1.24. The van der Waals surface area contributed by atoms with Crippen molar-refractivity contribution in [2.24, 2.45) is 11.8 Å². The molecule has 0 bridgehead atoms. The molecule has 136 valence electrons. The lowest BCUT2D eigenvalue weighted by Crippen LogP contribution is -2.41. The third kappa shape index (κ3) is 5.54. The largest absolute Gasteiger partial charge is 0.509 e. The lowest BCUT2D eigenvalue weighted by atomic mass is 9.75. The zero-order valence-corrected chi connectivity index (χ0v) is 18.9. The van der Waals surface area contributed by atoms with Crippen molar-refractivity contribution < 1.29 is 5.11 Å². The number of hydrogen-bond donors (Lipinski definition) is 1. The van der Waals surface area contributed by atoms with Gasteiger partial charge in [0.25, 0.3) is 0 Å². The molecule has 0 amide bonds. The molecule has 2 heteroatoms. The lowest BCUT2D eigenvalue weighted by Gasteiger charge is -2.35. The van der Waals surface area contributed by atoms with Gasteiger partial charge in [0.2, 0.25) is 0 Å². The first-order valence-corrected chi connectivity index (χ1v) is 11.8. The number of hydrogen-bond acceptors (Lipinski definition) is 1. The van der Waals surface area contributed by atoms with Crippen molar-refractivity contribution in [3.63, 3.8) is 0 Å². The van der Waals surface area contributed by atoms with E-state index in [2.05, 4.69) is 75.3 Å². The predicted octanol–water partition coefficient (Wildman–Crippen LogP) is 6.00. The van der Waals surface area contributed by atoms with Crippen LogP contribution in [0.15, 0.2) is 12.1 Å². The zero-order valence-electron chi connectivity index (χ0n) is 17.7. The molecule has 1 rings (SSSR count). The van der Waals surface area contributed by atoms with Crippen molar-refractivity contribution in [2.45, 2.75) is 90.6 Å². The quantitative estimate of drug-likeness (QED) is 0.648. The van der Waals surface area contributed by atoms with Crippen LogP contribution in [0.5, 0.6) is 5.75 Å². The van der Waals surface area contributed by atoms with Crippen LogP contribution in [0.4, 0.5) is 0 Å². The van der Waals surface area contributed by atoms with Gasteiger partial charge in [0, 0.05) is 0 Å². The van der Waals surface area contributed by atoms with E-state index < -0.39 is 14.1 Å². The van der Waals surface area contributed by atoms with E-state index in [4.69, 9.17) is 0 Å². The fraction of sp³-hybridized carbons (Fsp3) is 0.727. The number of aromatic hydroxyl groups is 1. The molecule has 0 aromatic heterocycles. The van der Waals surface area contributed by atoms with Gasteiger partial charge in [-0.25, -0.2) is 0 Å². The second-order valence-electron chi connectivity index (χ2n) is 10.4. The summed E-state index contributed by atoms with van der Waals surface area (Å²) in [6.07, 6.45) is 0. The molecule has 0 aliphatic carbocycles. The third-order valence-electron chi connectivity index (χ3n) is 4.70. The van der Waals surface area contributed by atoms with Gasteiger partial charge < -0.3 is 5.11 Å². The molecule has 0 aliphatic heterocycles. The molecule has 24 heavy (non-hydrogen) atoms. The van der Waals surface area contributed by atoms with Gasteiger partial charge in [-0.2, -0.15) is 0 Å². The fourth-order valence-corrected chi connectivity index (χ4v) is 8.38. The van der Waals surface area contributed by atoms with Crippen LogP contribution in [0.25, 0.3) is 0 Å². The molecule has 1 nitrogen and oxygen atoms in total. The highest BCUT2D eigenvalue weighted by Gasteiger charge is 2.35. The molecule has 0 spiro atoms. The minimum absolute atomic E-state index is 0.0515. The van der Waals surface area contributed by atoms with Crippen LogP contribution >= 0.6 is 0 Å². The Balaban J connectivity index is 3.70. The normalized spacial score (nSPS) is 13.0. The number of phenolic OH excluding ortho intramolecular Hbond substituents is 1. The summed E-state index contributed by atoms with van der Waals surface area (Å²) >= 11 is -1.24. The molecule has 0 atom stereocenters. The lowest BCUT2D eigenvalue weighted by molar-refractivity contribution is 0.471.